The molecule has 2 aromatic heterocycles. The number of benzene rings is 1. The van der Waals surface area contributed by atoms with Crippen molar-refractivity contribution in [3.63, 3.8) is 0 Å². The van der Waals surface area contributed by atoms with Crippen LogP contribution < -0.4 is 4.90 Å². The maximum Gasteiger partial charge on any atom is 0.296 e. The number of rotatable bonds is 5. The highest BCUT2D eigenvalue weighted by molar-refractivity contribution is 7.13. The summed E-state index contributed by atoms with van der Waals surface area (Å²) >= 11 is 2.26. The first-order chi connectivity index (χ1) is 13.5. The standard InChI is InChI=1S/C17H10N4O5S2/c22-14(11-2-1-7-27-11)12-13(9-3-5-10(6-4-9)21(25)26)20(16(24)15(12)23)17-19-18-8-28-17/h1-8,13,23H. The summed E-state index contributed by atoms with van der Waals surface area (Å²) in [7, 11) is 0. The number of Topliss-reactive ketones (excluding diaryl/α,β-unsaturated/α-hetero) is 1. The van der Waals surface area contributed by atoms with E-state index < -0.39 is 28.4 Å². The Balaban J connectivity index is 1.86. The zero-order chi connectivity index (χ0) is 19.8. The lowest BCUT2D eigenvalue weighted by molar-refractivity contribution is -0.384. The van der Waals surface area contributed by atoms with Gasteiger partial charge < -0.3 is 5.11 Å². The van der Waals surface area contributed by atoms with Crippen molar-refractivity contribution in [3.8, 4) is 0 Å². The van der Waals surface area contributed by atoms with Gasteiger partial charge in [-0.1, -0.05) is 17.4 Å². The smallest absolute Gasteiger partial charge is 0.296 e. The molecule has 1 atom stereocenters. The van der Waals surface area contributed by atoms with Crippen molar-refractivity contribution >= 4 is 45.2 Å². The van der Waals surface area contributed by atoms with E-state index in [-0.39, 0.29) is 16.4 Å². The van der Waals surface area contributed by atoms with E-state index in [1.807, 2.05) is 0 Å². The second-order valence-corrected chi connectivity index (χ2v) is 7.48. The van der Waals surface area contributed by atoms with Crippen molar-refractivity contribution in [1.29, 1.82) is 0 Å². The molecule has 3 heterocycles. The number of aliphatic hydroxyl groups is 1. The molecule has 1 aromatic carbocycles. The number of aromatic nitrogens is 2. The maximum absolute atomic E-state index is 13.0. The van der Waals surface area contributed by atoms with E-state index in [9.17, 15) is 24.8 Å². The summed E-state index contributed by atoms with van der Waals surface area (Å²) < 4.78 is 0. The van der Waals surface area contributed by atoms with Crippen molar-refractivity contribution in [1.82, 2.24) is 10.2 Å². The van der Waals surface area contributed by atoms with Gasteiger partial charge in [-0.3, -0.25) is 24.6 Å². The summed E-state index contributed by atoms with van der Waals surface area (Å²) in [5.41, 5.74) is 1.62. The molecule has 0 bridgehead atoms. The molecular formula is C17H10N4O5S2. The van der Waals surface area contributed by atoms with E-state index in [1.54, 1.807) is 17.5 Å². The molecule has 28 heavy (non-hydrogen) atoms. The number of aliphatic hydroxyl groups excluding tert-OH is 1. The number of carbonyl (C=O) groups excluding carboxylic acids is 2. The average Bonchev–Trinajstić information content (AvgIpc) is 3.43. The SMILES string of the molecule is O=C(C1=C(O)C(=O)N(c2nncs2)C1c1ccc([N+](=O)[O-])cc1)c1cccs1. The van der Waals surface area contributed by atoms with Crippen molar-refractivity contribution in [3.05, 3.63) is 79.2 Å². The van der Waals surface area contributed by atoms with Crippen molar-refractivity contribution in [2.45, 2.75) is 6.04 Å². The zero-order valence-corrected chi connectivity index (χ0v) is 15.5. The van der Waals surface area contributed by atoms with Crippen molar-refractivity contribution < 1.29 is 19.6 Å². The Labute approximate surface area is 165 Å². The summed E-state index contributed by atoms with van der Waals surface area (Å²) in [6, 6.07) is 7.76. The molecule has 1 amide bonds. The maximum atomic E-state index is 13.0. The number of anilines is 1. The van der Waals surface area contributed by atoms with Crippen LogP contribution in [0.1, 0.15) is 21.3 Å². The number of hydrogen-bond acceptors (Lipinski definition) is 9. The number of hydrogen-bond donors (Lipinski definition) is 1. The molecule has 4 rings (SSSR count). The Kier molecular flexibility index (Phi) is 4.45. The number of nitrogens with zero attached hydrogens (tertiary/aromatic N) is 4. The van der Waals surface area contributed by atoms with E-state index in [4.69, 9.17) is 0 Å². The Morgan fingerprint density at radius 1 is 1.21 bits per heavy atom. The number of carbonyl (C=O) groups is 2. The predicted molar refractivity (Wildman–Crippen MR) is 102 cm³/mol. The molecule has 140 valence electrons. The molecule has 1 N–H and O–H groups in total. The lowest BCUT2D eigenvalue weighted by Crippen LogP contribution is -2.31. The third-order valence-electron chi connectivity index (χ3n) is 4.17. The Morgan fingerprint density at radius 3 is 2.54 bits per heavy atom. The minimum atomic E-state index is -0.976. The fourth-order valence-electron chi connectivity index (χ4n) is 2.94. The van der Waals surface area contributed by atoms with Crippen LogP contribution in [-0.2, 0) is 4.79 Å². The van der Waals surface area contributed by atoms with Crippen LogP contribution in [0.4, 0.5) is 10.8 Å². The van der Waals surface area contributed by atoms with E-state index >= 15 is 0 Å². The highest BCUT2D eigenvalue weighted by atomic mass is 32.1. The van der Waals surface area contributed by atoms with Gasteiger partial charge in [-0.2, -0.15) is 0 Å². The lowest BCUT2D eigenvalue weighted by Gasteiger charge is -2.23. The van der Waals surface area contributed by atoms with Crippen LogP contribution >= 0.6 is 22.7 Å². The Hall–Kier alpha value is -3.44. The van der Waals surface area contributed by atoms with Gasteiger partial charge >= 0.3 is 0 Å². The minimum Gasteiger partial charge on any atom is -0.503 e. The van der Waals surface area contributed by atoms with Gasteiger partial charge in [0.25, 0.3) is 11.6 Å². The van der Waals surface area contributed by atoms with Gasteiger partial charge in [-0.25, -0.2) is 0 Å². The quantitative estimate of drug-likeness (QED) is 0.385. The number of ketones is 1. The molecule has 0 saturated heterocycles. The molecule has 1 aliphatic heterocycles. The number of thiophene rings is 1. The van der Waals surface area contributed by atoms with Gasteiger partial charge in [0.2, 0.25) is 10.9 Å². The number of amides is 1. The number of nitro groups is 1. The van der Waals surface area contributed by atoms with Crippen LogP contribution in [0.25, 0.3) is 0 Å². The minimum absolute atomic E-state index is 0.100. The van der Waals surface area contributed by atoms with Crippen LogP contribution in [0.2, 0.25) is 0 Å². The Morgan fingerprint density at radius 2 is 1.96 bits per heavy atom. The average molecular weight is 414 g/mol. The third-order valence-corrected chi connectivity index (χ3v) is 5.73. The Bertz CT molecular complexity index is 1090. The second-order valence-electron chi connectivity index (χ2n) is 5.72. The highest BCUT2D eigenvalue weighted by Crippen LogP contribution is 2.42. The largest absolute Gasteiger partial charge is 0.503 e. The topological polar surface area (TPSA) is 127 Å². The van der Waals surface area contributed by atoms with Gasteiger partial charge in [-0.15, -0.1) is 21.5 Å². The molecule has 0 spiro atoms. The highest BCUT2D eigenvalue weighted by Gasteiger charge is 2.46. The second kappa shape index (κ2) is 6.94. The van der Waals surface area contributed by atoms with Crippen LogP contribution in [0, 0.1) is 10.1 Å². The summed E-state index contributed by atoms with van der Waals surface area (Å²) in [5.74, 6) is -1.94. The van der Waals surface area contributed by atoms with E-state index in [1.165, 1.54) is 46.0 Å². The molecule has 11 heteroatoms. The van der Waals surface area contributed by atoms with Crippen LogP contribution in [-0.4, -0.2) is 31.9 Å². The molecule has 0 fully saturated rings. The number of nitro benzene ring substituents is 1. The third kappa shape index (κ3) is 2.86. The zero-order valence-electron chi connectivity index (χ0n) is 13.9. The molecule has 1 unspecified atom stereocenters. The van der Waals surface area contributed by atoms with E-state index in [0.717, 1.165) is 11.3 Å². The molecular weight excluding hydrogens is 404 g/mol. The van der Waals surface area contributed by atoms with E-state index in [2.05, 4.69) is 10.2 Å². The summed E-state index contributed by atoms with van der Waals surface area (Å²) in [5, 5.41) is 30.9. The van der Waals surface area contributed by atoms with Gasteiger partial charge in [0, 0.05) is 12.1 Å². The fourth-order valence-corrected chi connectivity index (χ4v) is 4.20. The number of non-ortho nitro benzene ring substituents is 1. The lowest BCUT2D eigenvalue weighted by atomic mass is 9.95. The van der Waals surface area contributed by atoms with Gasteiger partial charge in [0.15, 0.2) is 5.76 Å². The first-order valence-electron chi connectivity index (χ1n) is 7.84. The molecule has 0 radical (unpaired) electrons. The monoisotopic (exact) mass is 414 g/mol. The summed E-state index contributed by atoms with van der Waals surface area (Å²) in [4.78, 5) is 37.7. The van der Waals surface area contributed by atoms with Gasteiger partial charge in [-0.05, 0) is 29.1 Å². The van der Waals surface area contributed by atoms with Crippen molar-refractivity contribution in [2.75, 3.05) is 4.90 Å². The predicted octanol–water partition coefficient (Wildman–Crippen LogP) is 3.29. The van der Waals surface area contributed by atoms with Crippen LogP contribution in [0.5, 0.6) is 0 Å². The molecule has 0 saturated carbocycles. The van der Waals surface area contributed by atoms with Crippen LogP contribution in [0.3, 0.4) is 0 Å². The van der Waals surface area contributed by atoms with Gasteiger partial charge in [0.1, 0.15) is 5.51 Å². The normalized spacial score (nSPS) is 16.6. The van der Waals surface area contributed by atoms with E-state index in [0.29, 0.717) is 10.4 Å². The summed E-state index contributed by atoms with van der Waals surface area (Å²) in [6.07, 6.45) is 0. The summed E-state index contributed by atoms with van der Waals surface area (Å²) in [6.45, 7) is 0. The van der Waals surface area contributed by atoms with Gasteiger partial charge in [0.05, 0.1) is 21.4 Å². The fraction of sp³-hybridized carbons (Fsp3) is 0.0588. The first kappa shape index (κ1) is 17.9. The van der Waals surface area contributed by atoms with Crippen molar-refractivity contribution in [2.24, 2.45) is 0 Å². The molecule has 3 aromatic rings. The molecule has 1 aliphatic rings. The first-order valence-corrected chi connectivity index (χ1v) is 9.60. The van der Waals surface area contributed by atoms with Crippen LogP contribution in [0.15, 0.2) is 58.6 Å². The molecule has 0 aliphatic carbocycles. The molecule has 9 nitrogen and oxygen atoms in total.